The minimum Gasteiger partial charge on any atom is -0.426 e. The number of aryl methyl sites for hydroxylation is 1. The van der Waals surface area contributed by atoms with E-state index in [9.17, 15) is 19.2 Å². The van der Waals surface area contributed by atoms with Crippen molar-refractivity contribution in [1.82, 2.24) is 0 Å². The molecule has 6 heteroatoms. The van der Waals surface area contributed by atoms with Gasteiger partial charge in [0.1, 0.15) is 35.9 Å². The van der Waals surface area contributed by atoms with Crippen LogP contribution in [0.25, 0.3) is 0 Å². The van der Waals surface area contributed by atoms with Crippen LogP contribution in [0.5, 0.6) is 11.5 Å². The number of Topliss-reactive ketones (excluding diaryl/α,β-unsaturated/α-hetero) is 2. The van der Waals surface area contributed by atoms with Crippen LogP contribution >= 0.6 is 0 Å². The van der Waals surface area contributed by atoms with Gasteiger partial charge in [-0.15, -0.1) is 0 Å². The summed E-state index contributed by atoms with van der Waals surface area (Å²) in [6, 6.07) is 4.42. The van der Waals surface area contributed by atoms with E-state index in [1.165, 1.54) is 32.0 Å². The van der Waals surface area contributed by atoms with E-state index in [-0.39, 0.29) is 35.9 Å². The second kappa shape index (κ2) is 7.33. The molecule has 0 fully saturated rings. The fourth-order valence-corrected chi connectivity index (χ4v) is 1.53. The normalized spacial score (nSPS) is 9.86. The zero-order valence-electron chi connectivity index (χ0n) is 12.1. The Balaban J connectivity index is 2.72. The van der Waals surface area contributed by atoms with Gasteiger partial charge < -0.3 is 9.47 Å². The molecular formula is C15H16O6. The third-order valence-electron chi connectivity index (χ3n) is 2.39. The van der Waals surface area contributed by atoms with Gasteiger partial charge in [0.05, 0.1) is 0 Å². The first-order chi connectivity index (χ1) is 9.77. The summed E-state index contributed by atoms with van der Waals surface area (Å²) in [5.41, 5.74) is 0.569. The lowest BCUT2D eigenvalue weighted by Gasteiger charge is -2.09. The summed E-state index contributed by atoms with van der Waals surface area (Å²) >= 11 is 0. The van der Waals surface area contributed by atoms with Crippen LogP contribution in [-0.2, 0) is 19.2 Å². The Labute approximate surface area is 122 Å². The van der Waals surface area contributed by atoms with E-state index in [4.69, 9.17) is 9.47 Å². The highest BCUT2D eigenvalue weighted by molar-refractivity contribution is 5.95. The second-order valence-electron chi connectivity index (χ2n) is 4.63. The average Bonchev–Trinajstić information content (AvgIpc) is 2.30. The molecule has 0 unspecified atom stereocenters. The summed E-state index contributed by atoms with van der Waals surface area (Å²) in [7, 11) is 0. The quantitative estimate of drug-likeness (QED) is 0.451. The predicted octanol–water partition coefficient (Wildman–Crippen LogP) is 1.76. The highest BCUT2D eigenvalue weighted by Crippen LogP contribution is 2.24. The Morgan fingerprint density at radius 3 is 1.90 bits per heavy atom. The van der Waals surface area contributed by atoms with Crippen LogP contribution in [0.15, 0.2) is 18.2 Å². The first-order valence-electron chi connectivity index (χ1n) is 6.29. The maximum atomic E-state index is 11.4. The summed E-state index contributed by atoms with van der Waals surface area (Å²) in [6.45, 7) is 4.26. The number of rotatable bonds is 6. The van der Waals surface area contributed by atoms with Gasteiger partial charge in [-0.05, 0) is 44.5 Å². The maximum Gasteiger partial charge on any atom is 0.318 e. The van der Waals surface area contributed by atoms with Gasteiger partial charge in [0.25, 0.3) is 0 Å². The highest BCUT2D eigenvalue weighted by atomic mass is 16.5. The van der Waals surface area contributed by atoms with Crippen LogP contribution < -0.4 is 9.47 Å². The number of hydrogen-bond acceptors (Lipinski definition) is 6. The van der Waals surface area contributed by atoms with E-state index in [2.05, 4.69) is 0 Å². The van der Waals surface area contributed by atoms with E-state index < -0.39 is 11.9 Å². The van der Waals surface area contributed by atoms with Gasteiger partial charge in [-0.2, -0.15) is 0 Å². The fraction of sp³-hybridized carbons (Fsp3) is 0.333. The Bertz CT molecular complexity index is 588. The molecule has 1 aromatic carbocycles. The standard InChI is InChI=1S/C15H16O6/c1-9-6-12(20-14(18)7-10(2)16)4-5-13(9)21-15(19)8-11(3)17/h4-6H,7-8H2,1-3H3. The number of carbonyl (C=O) groups excluding carboxylic acids is 4. The van der Waals surface area contributed by atoms with E-state index >= 15 is 0 Å². The number of esters is 2. The van der Waals surface area contributed by atoms with Crippen LogP contribution in [-0.4, -0.2) is 23.5 Å². The average molecular weight is 292 g/mol. The molecule has 0 atom stereocenters. The van der Waals surface area contributed by atoms with Crippen molar-refractivity contribution in [3.8, 4) is 11.5 Å². The topological polar surface area (TPSA) is 86.7 Å². The summed E-state index contributed by atoms with van der Waals surface area (Å²) in [4.78, 5) is 44.3. The van der Waals surface area contributed by atoms with Gasteiger partial charge in [-0.3, -0.25) is 19.2 Å². The molecule has 1 aromatic rings. The smallest absolute Gasteiger partial charge is 0.318 e. The minimum absolute atomic E-state index is 0.255. The van der Waals surface area contributed by atoms with Crippen molar-refractivity contribution in [3.63, 3.8) is 0 Å². The van der Waals surface area contributed by atoms with Crippen LogP contribution in [0.4, 0.5) is 0 Å². The molecule has 1 rings (SSSR count). The highest BCUT2D eigenvalue weighted by Gasteiger charge is 2.12. The first kappa shape index (κ1) is 16.6. The van der Waals surface area contributed by atoms with Crippen molar-refractivity contribution in [3.05, 3.63) is 23.8 Å². The Kier molecular flexibility index (Phi) is 5.78. The third-order valence-corrected chi connectivity index (χ3v) is 2.39. The molecule has 0 saturated carbocycles. The van der Waals surface area contributed by atoms with Crippen LogP contribution in [0.2, 0.25) is 0 Å². The van der Waals surface area contributed by atoms with Crippen LogP contribution in [0, 0.1) is 6.92 Å². The molecule has 112 valence electrons. The molecule has 0 amide bonds. The molecule has 0 spiro atoms. The van der Waals surface area contributed by atoms with Gasteiger partial charge in [-0.25, -0.2) is 0 Å². The van der Waals surface area contributed by atoms with E-state index in [1.54, 1.807) is 6.92 Å². The minimum atomic E-state index is -0.650. The van der Waals surface area contributed by atoms with Crippen molar-refractivity contribution in [2.75, 3.05) is 0 Å². The fourth-order valence-electron chi connectivity index (χ4n) is 1.53. The molecule has 0 saturated heterocycles. The molecule has 6 nitrogen and oxygen atoms in total. The third kappa shape index (κ3) is 5.99. The lowest BCUT2D eigenvalue weighted by molar-refractivity contribution is -0.139. The van der Waals surface area contributed by atoms with E-state index in [0.717, 1.165) is 0 Å². The van der Waals surface area contributed by atoms with Crippen LogP contribution in [0.1, 0.15) is 32.3 Å². The number of carbonyl (C=O) groups is 4. The molecular weight excluding hydrogens is 276 g/mol. The van der Waals surface area contributed by atoms with Gasteiger partial charge in [0, 0.05) is 0 Å². The Morgan fingerprint density at radius 1 is 0.905 bits per heavy atom. The molecule has 0 radical (unpaired) electrons. The zero-order chi connectivity index (χ0) is 16.0. The summed E-state index contributed by atoms with van der Waals surface area (Å²) < 4.78 is 10.0. The molecule has 21 heavy (non-hydrogen) atoms. The van der Waals surface area contributed by atoms with Gasteiger partial charge in [0.15, 0.2) is 0 Å². The van der Waals surface area contributed by atoms with Crippen molar-refractivity contribution in [2.24, 2.45) is 0 Å². The van der Waals surface area contributed by atoms with Crippen molar-refractivity contribution in [2.45, 2.75) is 33.6 Å². The zero-order valence-corrected chi connectivity index (χ0v) is 12.1. The largest absolute Gasteiger partial charge is 0.426 e. The van der Waals surface area contributed by atoms with Gasteiger partial charge >= 0.3 is 11.9 Å². The first-order valence-corrected chi connectivity index (χ1v) is 6.29. The molecule has 0 aliphatic carbocycles. The Morgan fingerprint density at radius 2 is 1.43 bits per heavy atom. The van der Waals surface area contributed by atoms with E-state index in [0.29, 0.717) is 5.56 Å². The van der Waals surface area contributed by atoms with Crippen LogP contribution in [0.3, 0.4) is 0 Å². The van der Waals surface area contributed by atoms with Gasteiger partial charge in [-0.1, -0.05) is 0 Å². The molecule has 0 aromatic heterocycles. The Hall–Kier alpha value is -2.50. The lowest BCUT2D eigenvalue weighted by Crippen LogP contribution is -2.13. The molecule has 0 aliphatic rings. The summed E-state index contributed by atoms with van der Waals surface area (Å²) in [5, 5.41) is 0. The van der Waals surface area contributed by atoms with E-state index in [1.807, 2.05) is 0 Å². The number of benzene rings is 1. The molecule has 0 heterocycles. The molecule has 0 aliphatic heterocycles. The lowest BCUT2D eigenvalue weighted by atomic mass is 10.2. The molecule has 0 bridgehead atoms. The van der Waals surface area contributed by atoms with Crippen molar-refractivity contribution < 1.29 is 28.7 Å². The predicted molar refractivity (Wildman–Crippen MR) is 73.0 cm³/mol. The summed E-state index contributed by atoms with van der Waals surface area (Å²) in [6.07, 6.45) is -0.594. The summed E-state index contributed by atoms with van der Waals surface area (Å²) in [5.74, 6) is -1.33. The number of ether oxygens (including phenoxy) is 2. The second-order valence-corrected chi connectivity index (χ2v) is 4.63. The maximum absolute atomic E-state index is 11.4. The van der Waals surface area contributed by atoms with Crippen molar-refractivity contribution in [1.29, 1.82) is 0 Å². The van der Waals surface area contributed by atoms with Gasteiger partial charge in [0.2, 0.25) is 0 Å². The monoisotopic (exact) mass is 292 g/mol. The number of hydrogen-bond donors (Lipinski definition) is 0. The van der Waals surface area contributed by atoms with Crippen molar-refractivity contribution >= 4 is 23.5 Å². The number of ketones is 2. The SMILES string of the molecule is CC(=O)CC(=O)Oc1ccc(OC(=O)CC(C)=O)c(C)c1. The molecule has 0 N–H and O–H groups in total.